The molecule has 28 heavy (non-hydrogen) atoms. The Morgan fingerprint density at radius 1 is 1.00 bits per heavy atom. The van der Waals surface area contributed by atoms with Gasteiger partial charge in [0.05, 0.1) is 20.5 Å². The molecule has 0 N–H and O–H groups in total. The zero-order valence-corrected chi connectivity index (χ0v) is 17.0. The predicted octanol–water partition coefficient (Wildman–Crippen LogP) is 4.64. The first-order valence-corrected chi connectivity index (χ1v) is 9.09. The Balaban J connectivity index is 2.31. The van der Waals surface area contributed by atoms with Crippen LogP contribution in [-0.4, -0.2) is 26.0 Å². The maximum Gasteiger partial charge on any atom is 0.341 e. The lowest BCUT2D eigenvalue weighted by Crippen LogP contribution is -2.09. The van der Waals surface area contributed by atoms with Crippen molar-refractivity contribution in [1.29, 1.82) is 0 Å². The van der Waals surface area contributed by atoms with Crippen LogP contribution in [-0.2, 0) is 20.9 Å². The molecule has 0 aliphatic heterocycles. The number of benzene rings is 2. The van der Waals surface area contributed by atoms with Gasteiger partial charge >= 0.3 is 5.97 Å². The molecule has 0 unspecified atom stereocenters. The molecule has 5 heteroatoms. The normalized spacial score (nSPS) is 11.1. The van der Waals surface area contributed by atoms with Gasteiger partial charge in [-0.25, -0.2) is 4.79 Å². The topological polar surface area (TPSA) is 61.8 Å². The Hall–Kier alpha value is -3.08. The Bertz CT molecular complexity index is 896. The second-order valence-electron chi connectivity index (χ2n) is 6.41. The van der Waals surface area contributed by atoms with Crippen LogP contribution in [0.5, 0.6) is 5.75 Å². The first-order chi connectivity index (χ1) is 13.4. The minimum atomic E-state index is -0.483. The highest BCUT2D eigenvalue weighted by Crippen LogP contribution is 2.27. The van der Waals surface area contributed by atoms with Crippen molar-refractivity contribution in [3.63, 3.8) is 0 Å². The number of hydrogen-bond donors (Lipinski definition) is 0. The molecule has 148 valence electrons. The van der Waals surface area contributed by atoms with Crippen LogP contribution in [0.1, 0.15) is 46.0 Å². The summed E-state index contributed by atoms with van der Waals surface area (Å²) in [6, 6.07) is 11.2. The van der Waals surface area contributed by atoms with E-state index in [1.54, 1.807) is 0 Å². The summed E-state index contributed by atoms with van der Waals surface area (Å²) < 4.78 is 15.9. The molecule has 0 amide bonds. The molecule has 0 aromatic heterocycles. The lowest BCUT2D eigenvalue weighted by Gasteiger charge is -2.15. The summed E-state index contributed by atoms with van der Waals surface area (Å²) in [7, 11) is 2.81. The van der Waals surface area contributed by atoms with E-state index in [4.69, 9.17) is 14.2 Å². The third kappa shape index (κ3) is 4.80. The van der Waals surface area contributed by atoms with Crippen molar-refractivity contribution in [3.8, 4) is 5.75 Å². The number of Topliss-reactive ketones (excluding diaryl/α,β-unsaturated/α-hetero) is 1. The number of carbonyl (C=O) groups is 2. The monoisotopic (exact) mass is 382 g/mol. The van der Waals surface area contributed by atoms with Crippen molar-refractivity contribution in [2.45, 2.75) is 33.8 Å². The summed E-state index contributed by atoms with van der Waals surface area (Å²) in [6.45, 7) is 5.93. The van der Waals surface area contributed by atoms with Gasteiger partial charge in [0.1, 0.15) is 17.9 Å². The van der Waals surface area contributed by atoms with Crippen molar-refractivity contribution in [1.82, 2.24) is 0 Å². The number of aryl methyl sites for hydroxylation is 2. The number of ether oxygens (including phenoxy) is 3. The van der Waals surface area contributed by atoms with Crippen LogP contribution in [0.4, 0.5) is 0 Å². The number of methoxy groups -OCH3 is 2. The fourth-order valence-corrected chi connectivity index (χ4v) is 2.95. The van der Waals surface area contributed by atoms with E-state index in [1.165, 1.54) is 20.5 Å². The summed E-state index contributed by atoms with van der Waals surface area (Å²) in [5.41, 5.74) is 4.32. The molecule has 2 aromatic carbocycles. The molecule has 0 saturated heterocycles. The van der Waals surface area contributed by atoms with E-state index < -0.39 is 5.97 Å². The molecule has 0 bridgehead atoms. The van der Waals surface area contributed by atoms with E-state index >= 15 is 0 Å². The van der Waals surface area contributed by atoms with Crippen LogP contribution in [0.25, 0.3) is 5.57 Å². The lowest BCUT2D eigenvalue weighted by atomic mass is 9.99. The van der Waals surface area contributed by atoms with E-state index in [1.807, 2.05) is 57.2 Å². The zero-order valence-electron chi connectivity index (χ0n) is 17.0. The Labute approximate surface area is 165 Å². The molecule has 0 radical (unpaired) electrons. The number of ketones is 1. The van der Waals surface area contributed by atoms with Gasteiger partial charge in [0.25, 0.3) is 0 Å². The molecule has 0 spiro atoms. The van der Waals surface area contributed by atoms with Crippen molar-refractivity contribution in [3.05, 3.63) is 70.5 Å². The molecule has 0 saturated carbocycles. The molecule has 2 aromatic rings. The SMILES string of the molecule is CCC(=O)c1cc(C)c(OCc2ccccc2/C(=C\OC)C(=O)OC)cc1C. The van der Waals surface area contributed by atoms with Crippen LogP contribution in [0.3, 0.4) is 0 Å². The zero-order chi connectivity index (χ0) is 20.7. The first-order valence-electron chi connectivity index (χ1n) is 9.09. The van der Waals surface area contributed by atoms with Crippen LogP contribution >= 0.6 is 0 Å². The highest BCUT2D eigenvalue weighted by atomic mass is 16.5. The highest BCUT2D eigenvalue weighted by molar-refractivity contribution is 6.16. The summed E-state index contributed by atoms with van der Waals surface area (Å²) >= 11 is 0. The molecular formula is C23H26O5. The fraction of sp³-hybridized carbons (Fsp3) is 0.304. The Morgan fingerprint density at radius 3 is 2.36 bits per heavy atom. The fourth-order valence-electron chi connectivity index (χ4n) is 2.95. The van der Waals surface area contributed by atoms with E-state index in [-0.39, 0.29) is 12.4 Å². The molecule has 0 atom stereocenters. The number of carbonyl (C=O) groups excluding carboxylic acids is 2. The third-order valence-corrected chi connectivity index (χ3v) is 4.48. The average Bonchev–Trinajstić information content (AvgIpc) is 2.71. The maximum atomic E-state index is 12.1. The third-order valence-electron chi connectivity index (χ3n) is 4.48. The summed E-state index contributed by atoms with van der Waals surface area (Å²) in [5.74, 6) is 0.337. The molecule has 0 fully saturated rings. The standard InChI is InChI=1S/C23H26O5/c1-6-21(24)19-11-16(3)22(12-15(19)2)28-13-17-9-7-8-10-18(17)20(14-26-4)23(25)27-5/h7-12,14H,6,13H2,1-5H3/b20-14+. The lowest BCUT2D eigenvalue weighted by molar-refractivity contribution is -0.133. The quantitative estimate of drug-likeness (QED) is 0.288. The summed E-state index contributed by atoms with van der Waals surface area (Å²) in [6.07, 6.45) is 1.83. The summed E-state index contributed by atoms with van der Waals surface area (Å²) in [4.78, 5) is 24.2. The maximum absolute atomic E-state index is 12.1. The molecule has 0 heterocycles. The van der Waals surface area contributed by atoms with Crippen molar-refractivity contribution < 1.29 is 23.8 Å². The molecular weight excluding hydrogens is 356 g/mol. The smallest absolute Gasteiger partial charge is 0.341 e. The molecule has 5 nitrogen and oxygen atoms in total. The van der Waals surface area contributed by atoms with Crippen LogP contribution in [0.15, 0.2) is 42.7 Å². The molecule has 0 aliphatic carbocycles. The van der Waals surface area contributed by atoms with Crippen molar-refractivity contribution in [2.75, 3.05) is 14.2 Å². The number of rotatable bonds is 8. The number of esters is 1. The number of hydrogen-bond acceptors (Lipinski definition) is 5. The van der Waals surface area contributed by atoms with Crippen molar-refractivity contribution >= 4 is 17.3 Å². The van der Waals surface area contributed by atoms with Crippen LogP contribution in [0, 0.1) is 13.8 Å². The largest absolute Gasteiger partial charge is 0.503 e. The van der Waals surface area contributed by atoms with Gasteiger partial charge in [-0.2, -0.15) is 0 Å². The van der Waals surface area contributed by atoms with Gasteiger partial charge in [0.15, 0.2) is 5.78 Å². The minimum absolute atomic E-state index is 0.116. The van der Waals surface area contributed by atoms with Crippen LogP contribution in [0.2, 0.25) is 0 Å². The van der Waals surface area contributed by atoms with Gasteiger partial charge in [-0.3, -0.25) is 4.79 Å². The van der Waals surface area contributed by atoms with Gasteiger partial charge in [-0.15, -0.1) is 0 Å². The minimum Gasteiger partial charge on any atom is -0.503 e. The van der Waals surface area contributed by atoms with Gasteiger partial charge in [0, 0.05) is 12.0 Å². The second kappa shape index (κ2) is 9.74. The van der Waals surface area contributed by atoms with E-state index in [0.717, 1.165) is 22.3 Å². The average molecular weight is 382 g/mol. The van der Waals surface area contributed by atoms with Gasteiger partial charge in [-0.1, -0.05) is 31.2 Å². The van der Waals surface area contributed by atoms with E-state index in [2.05, 4.69) is 0 Å². The Kier molecular flexibility index (Phi) is 7.38. The van der Waals surface area contributed by atoms with Gasteiger partial charge in [-0.05, 0) is 48.2 Å². The van der Waals surface area contributed by atoms with Crippen molar-refractivity contribution in [2.24, 2.45) is 0 Å². The Morgan fingerprint density at radius 2 is 1.71 bits per heavy atom. The predicted molar refractivity (Wildman–Crippen MR) is 108 cm³/mol. The van der Waals surface area contributed by atoms with E-state index in [9.17, 15) is 9.59 Å². The summed E-state index contributed by atoms with van der Waals surface area (Å²) in [5, 5.41) is 0. The van der Waals surface area contributed by atoms with Gasteiger partial charge in [0.2, 0.25) is 0 Å². The van der Waals surface area contributed by atoms with E-state index in [0.29, 0.717) is 23.3 Å². The first kappa shape index (κ1) is 21.2. The molecule has 2 rings (SSSR count). The highest BCUT2D eigenvalue weighted by Gasteiger charge is 2.17. The second-order valence-corrected chi connectivity index (χ2v) is 6.41. The molecule has 0 aliphatic rings. The van der Waals surface area contributed by atoms with Crippen LogP contribution < -0.4 is 4.74 Å². The van der Waals surface area contributed by atoms with Gasteiger partial charge < -0.3 is 14.2 Å².